The monoisotopic (exact) mass is 779 g/mol. The van der Waals surface area contributed by atoms with Gasteiger partial charge >= 0.3 is 5.97 Å². The van der Waals surface area contributed by atoms with Gasteiger partial charge in [0.2, 0.25) is 24.1 Å². The Morgan fingerprint density at radius 2 is 1.58 bits per heavy atom. The van der Waals surface area contributed by atoms with Crippen LogP contribution in [0.25, 0.3) is 0 Å². The number of carboxylic acids is 1. The second-order valence-electron chi connectivity index (χ2n) is 15.1. The number of hydrogen-bond acceptors (Lipinski definition) is 9. The number of carboxylic acid groups (broad SMARTS) is 1. The number of nitrogens with zero attached hydrogens (tertiary/aromatic N) is 3. The average Bonchev–Trinajstić information content (AvgIpc) is 3.63. The van der Waals surface area contributed by atoms with E-state index in [1.54, 1.807) is 43.1 Å². The molecule has 0 aliphatic carbocycles. The fraction of sp³-hybridized carbons (Fsp3) is 0.732. The molecule has 1 fully saturated rings. The van der Waals surface area contributed by atoms with E-state index >= 15 is 0 Å². The zero-order chi connectivity index (χ0) is 42.4. The van der Waals surface area contributed by atoms with E-state index in [1.165, 1.54) is 25.5 Å². The van der Waals surface area contributed by atoms with Crippen LogP contribution in [0.1, 0.15) is 93.1 Å². The number of carbonyl (C=O) groups is 5. The summed E-state index contributed by atoms with van der Waals surface area (Å²) in [6, 6.07) is 5.49. The number of aliphatic carboxylic acids is 1. The largest absolute Gasteiger partial charge is 0.480 e. The van der Waals surface area contributed by atoms with E-state index < -0.39 is 48.1 Å². The number of carbonyl (C=O) groups excluding carboxylic acids is 4. The Labute approximate surface area is 331 Å². The predicted molar refractivity (Wildman–Crippen MR) is 218 cm³/mol. The van der Waals surface area contributed by atoms with Gasteiger partial charge in [0.1, 0.15) is 6.04 Å². The first kappa shape index (κ1) is 51.2. The van der Waals surface area contributed by atoms with Gasteiger partial charge in [-0.1, -0.05) is 73.4 Å². The van der Waals surface area contributed by atoms with E-state index in [-0.39, 0.29) is 37.1 Å². The molecule has 5 N–H and O–H groups in total. The number of amides is 4. The van der Waals surface area contributed by atoms with Gasteiger partial charge in [0.15, 0.2) is 0 Å². The van der Waals surface area contributed by atoms with Crippen LogP contribution in [-0.2, 0) is 39.9 Å². The Kier molecular flexibility index (Phi) is 25.1. The zero-order valence-corrected chi connectivity index (χ0v) is 36.0. The smallest absolute Gasteiger partial charge is 0.326 e. The summed E-state index contributed by atoms with van der Waals surface area (Å²) >= 11 is 0. The first-order valence-corrected chi connectivity index (χ1v) is 19.7. The maximum absolute atomic E-state index is 13.8. The fourth-order valence-electron chi connectivity index (χ4n) is 6.57. The molecule has 8 unspecified atom stereocenters. The summed E-state index contributed by atoms with van der Waals surface area (Å²) in [6.07, 6.45) is 2.55. The van der Waals surface area contributed by atoms with Gasteiger partial charge in [-0.15, -0.1) is 0 Å². The van der Waals surface area contributed by atoms with Crippen LogP contribution in [-0.4, -0.2) is 135 Å². The molecular weight excluding hydrogens is 704 g/mol. The third-order valence-electron chi connectivity index (χ3n) is 10.5. The summed E-state index contributed by atoms with van der Waals surface area (Å²) in [6.45, 7) is 16.9. The highest BCUT2D eigenvalue weighted by Gasteiger charge is 2.42. The van der Waals surface area contributed by atoms with E-state index in [9.17, 15) is 29.1 Å². The molecule has 0 radical (unpaired) electrons. The molecule has 1 aliphatic rings. The number of hydrogen-bond donors (Lipinski definition) is 4. The normalized spacial score (nSPS) is 17.6. The van der Waals surface area contributed by atoms with Crippen molar-refractivity contribution in [3.8, 4) is 0 Å². The van der Waals surface area contributed by atoms with Gasteiger partial charge in [-0.3, -0.25) is 19.2 Å². The Morgan fingerprint density at radius 1 is 1.00 bits per heavy atom. The molecule has 0 spiro atoms. The van der Waals surface area contributed by atoms with E-state index in [0.717, 1.165) is 12.3 Å². The molecule has 1 heterocycles. The lowest BCUT2D eigenvalue weighted by Crippen LogP contribution is -2.54. The van der Waals surface area contributed by atoms with Crippen LogP contribution in [0.3, 0.4) is 0 Å². The number of nitrogen functional groups attached to an aromatic ring is 1. The average molecular weight is 779 g/mol. The highest BCUT2D eigenvalue weighted by molar-refractivity contribution is 5.85. The lowest BCUT2D eigenvalue weighted by molar-refractivity contribution is -0.146. The minimum Gasteiger partial charge on any atom is -0.480 e. The van der Waals surface area contributed by atoms with Crippen molar-refractivity contribution in [3.05, 3.63) is 29.8 Å². The van der Waals surface area contributed by atoms with E-state index in [0.29, 0.717) is 43.1 Å². The molecule has 0 aromatic heterocycles. The number of likely N-dealkylation sites (tertiary alicyclic amines) is 1. The number of methoxy groups -OCH3 is 2. The molecule has 1 aromatic rings. The second-order valence-corrected chi connectivity index (χ2v) is 15.1. The molecule has 14 nitrogen and oxygen atoms in total. The van der Waals surface area contributed by atoms with Crippen molar-refractivity contribution in [1.29, 1.82) is 0 Å². The highest BCUT2D eigenvalue weighted by atomic mass is 16.5. The summed E-state index contributed by atoms with van der Waals surface area (Å²) in [5.74, 6) is -2.14. The number of nitrogens with two attached hydrogens (primary N) is 1. The number of benzene rings is 1. The molecule has 1 aromatic carbocycles. The van der Waals surface area contributed by atoms with E-state index in [4.69, 9.17) is 15.2 Å². The van der Waals surface area contributed by atoms with E-state index in [2.05, 4.69) is 64.2 Å². The van der Waals surface area contributed by atoms with Gasteiger partial charge in [0.25, 0.3) is 0 Å². The third kappa shape index (κ3) is 17.3. The predicted octanol–water partition coefficient (Wildman–Crippen LogP) is 4.06. The molecule has 2 rings (SSSR count). The van der Waals surface area contributed by atoms with Crippen molar-refractivity contribution in [1.82, 2.24) is 25.3 Å². The van der Waals surface area contributed by atoms with Crippen LogP contribution in [0.5, 0.6) is 0 Å². The second kappa shape index (κ2) is 27.0. The Bertz CT molecular complexity index is 1270. The quantitative estimate of drug-likeness (QED) is 0.111. The van der Waals surface area contributed by atoms with Crippen molar-refractivity contribution in [2.24, 2.45) is 17.8 Å². The van der Waals surface area contributed by atoms with Gasteiger partial charge in [0.05, 0.1) is 43.2 Å². The third-order valence-corrected chi connectivity index (χ3v) is 10.5. The topological polar surface area (TPSA) is 184 Å². The summed E-state index contributed by atoms with van der Waals surface area (Å²) in [4.78, 5) is 68.0. The Hall–Kier alpha value is -3.75. The van der Waals surface area contributed by atoms with Crippen molar-refractivity contribution in [2.45, 2.75) is 130 Å². The minimum absolute atomic E-state index is 0.000422. The van der Waals surface area contributed by atoms with Crippen LogP contribution < -0.4 is 16.4 Å². The fourth-order valence-corrected chi connectivity index (χ4v) is 6.57. The molecule has 0 bridgehead atoms. The van der Waals surface area contributed by atoms with Gasteiger partial charge in [-0.2, -0.15) is 0 Å². The van der Waals surface area contributed by atoms with Crippen molar-refractivity contribution in [3.63, 3.8) is 0 Å². The molecule has 1 aliphatic heterocycles. The number of anilines is 1. The van der Waals surface area contributed by atoms with Gasteiger partial charge in [0, 0.05) is 46.0 Å². The zero-order valence-electron chi connectivity index (χ0n) is 36.0. The molecule has 4 amide bonds. The minimum atomic E-state index is -1.17. The Morgan fingerprint density at radius 3 is 2.02 bits per heavy atom. The molecule has 316 valence electrons. The first-order valence-electron chi connectivity index (χ1n) is 19.7. The number of rotatable bonds is 20. The molecular formula is C41H74N6O8. The maximum Gasteiger partial charge on any atom is 0.326 e. The van der Waals surface area contributed by atoms with Crippen LogP contribution in [0, 0.1) is 17.8 Å². The maximum atomic E-state index is 13.8. The first-order chi connectivity index (χ1) is 25.9. The molecule has 14 heteroatoms. The highest BCUT2D eigenvalue weighted by Crippen LogP contribution is 2.29. The van der Waals surface area contributed by atoms with Gasteiger partial charge < -0.3 is 45.6 Å². The SMILES string of the molecule is CC(C)C(C)N(C)C.CCC.CCC(C)C(C(CC(=O)N1CCCC1C(OC)C(C)C(=O)NC(Cc1ccc(N)cc1)C(=O)O)OC)N(C)C(=O)CNC=O. The summed E-state index contributed by atoms with van der Waals surface area (Å²) in [7, 11) is 8.85. The Balaban J connectivity index is 0.00000231. The van der Waals surface area contributed by atoms with Crippen LogP contribution >= 0.6 is 0 Å². The van der Waals surface area contributed by atoms with Crippen molar-refractivity contribution in [2.75, 3.05) is 54.2 Å². The van der Waals surface area contributed by atoms with Crippen molar-refractivity contribution >= 4 is 35.8 Å². The molecule has 0 saturated carbocycles. The summed E-state index contributed by atoms with van der Waals surface area (Å²) in [5, 5.41) is 14.8. The van der Waals surface area contributed by atoms with Crippen LogP contribution in [0.4, 0.5) is 5.69 Å². The van der Waals surface area contributed by atoms with Gasteiger partial charge in [-0.05, 0) is 63.4 Å². The lowest BCUT2D eigenvalue weighted by atomic mass is 9.90. The summed E-state index contributed by atoms with van der Waals surface area (Å²) < 4.78 is 11.6. The van der Waals surface area contributed by atoms with Gasteiger partial charge in [-0.25, -0.2) is 4.79 Å². The van der Waals surface area contributed by atoms with E-state index in [1.807, 2.05) is 13.8 Å². The molecule has 8 atom stereocenters. The standard InChI is InChI=1S/C31H49N5O8.C7H17N.C3H8/c1-7-19(2)28(35(4)27(39)17-33-18-37)25(43-5)16-26(38)36-14-8-9-24(36)29(44-6)20(3)30(40)34-23(31(41)42)15-21-10-12-22(32)13-11-21;1-6(2)7(3)8(4)5;1-3-2/h10-13,18-20,23-25,28-29H,7-9,14-17,32H2,1-6H3,(H,33,37)(H,34,40)(H,41,42);6-7H,1-5H3;3H2,1-2H3. The number of ether oxygens (including phenoxy) is 2. The number of likely N-dealkylation sites (N-methyl/N-ethyl adjacent to an activating group) is 1. The van der Waals surface area contributed by atoms with Crippen molar-refractivity contribution < 1.29 is 38.6 Å². The van der Waals surface area contributed by atoms with Crippen LogP contribution in [0.2, 0.25) is 0 Å². The number of nitrogens with one attached hydrogen (secondary N) is 2. The summed E-state index contributed by atoms with van der Waals surface area (Å²) in [5.41, 5.74) is 6.99. The lowest BCUT2D eigenvalue weighted by Gasteiger charge is -2.39. The molecule has 55 heavy (non-hydrogen) atoms. The van der Waals surface area contributed by atoms with Crippen LogP contribution in [0.15, 0.2) is 24.3 Å². The molecule has 1 saturated heterocycles.